The summed E-state index contributed by atoms with van der Waals surface area (Å²) in [7, 11) is 0. The first-order valence-corrected chi connectivity index (χ1v) is 9.57. The van der Waals surface area contributed by atoms with Gasteiger partial charge in [0.25, 0.3) is 5.91 Å². The van der Waals surface area contributed by atoms with Crippen LogP contribution in [0.2, 0.25) is 0 Å². The third-order valence-electron chi connectivity index (χ3n) is 4.40. The smallest absolute Gasteiger partial charge is 0.270 e. The molecule has 0 saturated carbocycles. The number of aromatic nitrogens is 2. The quantitative estimate of drug-likeness (QED) is 0.583. The van der Waals surface area contributed by atoms with E-state index in [9.17, 15) is 4.79 Å². The third-order valence-corrected chi connectivity index (χ3v) is 4.40. The molecule has 144 valence electrons. The lowest BCUT2D eigenvalue weighted by molar-refractivity contribution is 0.0948. The number of amides is 1. The SMILES string of the molecule is Cc1cccc(CNc2cc(C(=O)NCCCc3ccccc3)nc(C)n2)c1. The van der Waals surface area contributed by atoms with Gasteiger partial charge in [-0.15, -0.1) is 0 Å². The Bertz CT molecular complexity index is 925. The number of anilines is 1. The number of hydrogen-bond acceptors (Lipinski definition) is 4. The van der Waals surface area contributed by atoms with Crippen LogP contribution in [0.5, 0.6) is 0 Å². The van der Waals surface area contributed by atoms with Gasteiger partial charge in [-0.2, -0.15) is 0 Å². The first-order valence-electron chi connectivity index (χ1n) is 9.57. The molecule has 0 atom stereocenters. The number of carbonyl (C=O) groups is 1. The monoisotopic (exact) mass is 374 g/mol. The van der Waals surface area contributed by atoms with Gasteiger partial charge in [0.05, 0.1) is 0 Å². The van der Waals surface area contributed by atoms with E-state index in [1.54, 1.807) is 13.0 Å². The van der Waals surface area contributed by atoms with Gasteiger partial charge in [-0.1, -0.05) is 60.2 Å². The normalized spacial score (nSPS) is 10.5. The molecule has 0 saturated heterocycles. The van der Waals surface area contributed by atoms with Gasteiger partial charge in [0, 0.05) is 19.2 Å². The molecule has 1 aromatic heterocycles. The first kappa shape index (κ1) is 19.5. The molecular formula is C23H26N4O. The predicted molar refractivity (Wildman–Crippen MR) is 112 cm³/mol. The fourth-order valence-corrected chi connectivity index (χ4v) is 3.02. The summed E-state index contributed by atoms with van der Waals surface area (Å²) in [5.74, 6) is 1.06. The maximum Gasteiger partial charge on any atom is 0.270 e. The summed E-state index contributed by atoms with van der Waals surface area (Å²) < 4.78 is 0. The van der Waals surface area contributed by atoms with Crippen molar-refractivity contribution < 1.29 is 4.79 Å². The topological polar surface area (TPSA) is 66.9 Å². The molecule has 0 aliphatic heterocycles. The molecule has 0 aliphatic carbocycles. The highest BCUT2D eigenvalue weighted by Gasteiger charge is 2.10. The molecule has 3 rings (SSSR count). The molecule has 5 heteroatoms. The van der Waals surface area contributed by atoms with Crippen molar-refractivity contribution in [3.63, 3.8) is 0 Å². The predicted octanol–water partition coefficient (Wildman–Crippen LogP) is 4.07. The number of aryl methyl sites for hydroxylation is 3. The van der Waals surface area contributed by atoms with Crippen molar-refractivity contribution in [2.75, 3.05) is 11.9 Å². The van der Waals surface area contributed by atoms with E-state index in [1.165, 1.54) is 16.7 Å². The van der Waals surface area contributed by atoms with Gasteiger partial charge >= 0.3 is 0 Å². The van der Waals surface area contributed by atoms with Crippen LogP contribution in [0.4, 0.5) is 5.82 Å². The lowest BCUT2D eigenvalue weighted by Crippen LogP contribution is -2.26. The van der Waals surface area contributed by atoms with Gasteiger partial charge in [-0.3, -0.25) is 4.79 Å². The number of rotatable bonds is 8. The molecule has 1 amide bonds. The Morgan fingerprint density at radius 3 is 2.50 bits per heavy atom. The van der Waals surface area contributed by atoms with E-state index in [4.69, 9.17) is 0 Å². The summed E-state index contributed by atoms with van der Waals surface area (Å²) in [5.41, 5.74) is 4.05. The van der Waals surface area contributed by atoms with Crippen molar-refractivity contribution in [2.24, 2.45) is 0 Å². The van der Waals surface area contributed by atoms with Gasteiger partial charge < -0.3 is 10.6 Å². The number of hydrogen-bond donors (Lipinski definition) is 2. The van der Waals surface area contributed by atoms with Crippen LogP contribution in [-0.2, 0) is 13.0 Å². The van der Waals surface area contributed by atoms with Crippen LogP contribution in [0.3, 0.4) is 0 Å². The van der Waals surface area contributed by atoms with Gasteiger partial charge in [-0.05, 0) is 37.8 Å². The minimum absolute atomic E-state index is 0.169. The fourth-order valence-electron chi connectivity index (χ4n) is 3.02. The third kappa shape index (κ3) is 5.91. The lowest BCUT2D eigenvalue weighted by Gasteiger charge is -2.10. The van der Waals surface area contributed by atoms with Crippen molar-refractivity contribution in [1.29, 1.82) is 0 Å². The van der Waals surface area contributed by atoms with Gasteiger partial charge in [0.15, 0.2) is 0 Å². The minimum Gasteiger partial charge on any atom is -0.366 e. The summed E-state index contributed by atoms with van der Waals surface area (Å²) in [6, 6.07) is 20.3. The van der Waals surface area contributed by atoms with Gasteiger partial charge in [0.2, 0.25) is 0 Å². The maximum absolute atomic E-state index is 12.5. The van der Waals surface area contributed by atoms with Gasteiger partial charge in [0.1, 0.15) is 17.3 Å². The van der Waals surface area contributed by atoms with E-state index in [-0.39, 0.29) is 5.91 Å². The average Bonchev–Trinajstić information content (AvgIpc) is 2.70. The standard InChI is InChI=1S/C23H26N4O/c1-17-8-6-11-20(14-17)16-25-22-15-21(26-18(2)27-22)23(28)24-13-7-12-19-9-4-3-5-10-19/h3-6,8-11,14-15H,7,12-13,16H2,1-2H3,(H,24,28)(H,25,26,27). The van der Waals surface area contributed by atoms with Crippen molar-refractivity contribution in [3.8, 4) is 0 Å². The number of benzene rings is 2. The van der Waals surface area contributed by atoms with E-state index in [1.807, 2.05) is 24.3 Å². The molecule has 0 fully saturated rings. The minimum atomic E-state index is -0.169. The zero-order chi connectivity index (χ0) is 19.8. The summed E-state index contributed by atoms with van der Waals surface area (Å²) >= 11 is 0. The van der Waals surface area contributed by atoms with Crippen molar-refractivity contribution in [2.45, 2.75) is 33.2 Å². The molecular weight excluding hydrogens is 348 g/mol. The number of carbonyl (C=O) groups excluding carboxylic acids is 1. The molecule has 1 heterocycles. The van der Waals surface area contributed by atoms with Crippen LogP contribution in [0, 0.1) is 13.8 Å². The lowest BCUT2D eigenvalue weighted by atomic mass is 10.1. The molecule has 0 unspecified atom stereocenters. The molecule has 2 N–H and O–H groups in total. The average molecular weight is 374 g/mol. The number of nitrogens with one attached hydrogen (secondary N) is 2. The highest BCUT2D eigenvalue weighted by molar-refractivity contribution is 5.92. The highest BCUT2D eigenvalue weighted by Crippen LogP contribution is 2.10. The van der Waals surface area contributed by atoms with E-state index >= 15 is 0 Å². The summed E-state index contributed by atoms with van der Waals surface area (Å²) in [6.07, 6.45) is 1.82. The Balaban J connectivity index is 1.53. The molecule has 0 aliphatic rings. The Hall–Kier alpha value is -3.21. The maximum atomic E-state index is 12.5. The Morgan fingerprint density at radius 2 is 1.71 bits per heavy atom. The Labute approximate surface area is 166 Å². The Kier molecular flexibility index (Phi) is 6.73. The van der Waals surface area contributed by atoms with Crippen molar-refractivity contribution >= 4 is 11.7 Å². The fraction of sp³-hybridized carbons (Fsp3) is 0.261. The van der Waals surface area contributed by atoms with Crippen LogP contribution in [0.15, 0.2) is 60.7 Å². The second kappa shape index (κ2) is 9.65. The van der Waals surface area contributed by atoms with Crippen LogP contribution < -0.4 is 10.6 Å². The summed E-state index contributed by atoms with van der Waals surface area (Å²) in [5, 5.41) is 6.23. The zero-order valence-electron chi connectivity index (χ0n) is 16.4. The number of nitrogens with zero attached hydrogens (tertiary/aromatic N) is 2. The van der Waals surface area contributed by atoms with Crippen LogP contribution in [-0.4, -0.2) is 22.4 Å². The first-order chi connectivity index (χ1) is 13.6. The van der Waals surface area contributed by atoms with E-state index in [2.05, 4.69) is 57.9 Å². The molecule has 0 bridgehead atoms. The second-order valence-corrected chi connectivity index (χ2v) is 6.87. The van der Waals surface area contributed by atoms with E-state index in [0.717, 1.165) is 12.8 Å². The molecule has 28 heavy (non-hydrogen) atoms. The van der Waals surface area contributed by atoms with Crippen molar-refractivity contribution in [3.05, 3.63) is 88.9 Å². The summed E-state index contributed by atoms with van der Waals surface area (Å²) in [4.78, 5) is 21.1. The second-order valence-electron chi connectivity index (χ2n) is 6.87. The Morgan fingerprint density at radius 1 is 0.929 bits per heavy atom. The molecule has 3 aromatic rings. The van der Waals surface area contributed by atoms with Crippen LogP contribution in [0.25, 0.3) is 0 Å². The van der Waals surface area contributed by atoms with E-state index in [0.29, 0.717) is 30.4 Å². The highest BCUT2D eigenvalue weighted by atomic mass is 16.1. The van der Waals surface area contributed by atoms with Crippen LogP contribution in [0.1, 0.15) is 39.4 Å². The van der Waals surface area contributed by atoms with Gasteiger partial charge in [-0.25, -0.2) is 9.97 Å². The molecule has 0 radical (unpaired) electrons. The zero-order valence-corrected chi connectivity index (χ0v) is 16.4. The van der Waals surface area contributed by atoms with E-state index < -0.39 is 0 Å². The molecule has 2 aromatic carbocycles. The molecule has 0 spiro atoms. The largest absolute Gasteiger partial charge is 0.366 e. The van der Waals surface area contributed by atoms with Crippen LogP contribution >= 0.6 is 0 Å². The summed E-state index contributed by atoms with van der Waals surface area (Å²) in [6.45, 7) is 5.13. The molecule has 5 nitrogen and oxygen atoms in total. The van der Waals surface area contributed by atoms with Crippen molar-refractivity contribution in [1.82, 2.24) is 15.3 Å².